The van der Waals surface area contributed by atoms with E-state index in [1.165, 1.54) is 9.75 Å². The molecule has 0 amide bonds. The molecular formula is C16H16N2S2. The van der Waals surface area contributed by atoms with Gasteiger partial charge in [0.05, 0.1) is 10.6 Å². The predicted molar refractivity (Wildman–Crippen MR) is 88.1 cm³/mol. The minimum atomic E-state index is 0.566. The van der Waals surface area contributed by atoms with Gasteiger partial charge in [-0.25, -0.2) is 4.98 Å². The maximum atomic E-state index is 5.70. The van der Waals surface area contributed by atoms with Crippen molar-refractivity contribution in [2.75, 3.05) is 0 Å². The largest absolute Gasteiger partial charge is 0.326 e. The molecule has 0 bridgehead atoms. The third-order valence-corrected chi connectivity index (χ3v) is 5.32. The smallest absolute Gasteiger partial charge is 0.124 e. The molecule has 0 radical (unpaired) electrons. The van der Waals surface area contributed by atoms with Crippen molar-refractivity contribution in [3.63, 3.8) is 0 Å². The highest BCUT2D eigenvalue weighted by Gasteiger charge is 2.09. The summed E-state index contributed by atoms with van der Waals surface area (Å²) in [5.74, 6) is 0. The molecule has 0 fully saturated rings. The lowest BCUT2D eigenvalue weighted by Gasteiger charge is -1.99. The zero-order chi connectivity index (χ0) is 13.9. The first-order chi connectivity index (χ1) is 9.80. The van der Waals surface area contributed by atoms with Gasteiger partial charge in [-0.3, -0.25) is 0 Å². The molecule has 0 unspecified atom stereocenters. The first kappa shape index (κ1) is 13.5. The number of nitrogens with two attached hydrogens (primary N) is 1. The number of hydrogen-bond acceptors (Lipinski definition) is 4. The number of benzene rings is 1. The normalized spacial score (nSPS) is 10.9. The molecule has 2 nitrogen and oxygen atoms in total. The van der Waals surface area contributed by atoms with E-state index in [1.807, 2.05) is 23.5 Å². The first-order valence-electron chi connectivity index (χ1n) is 6.64. The van der Waals surface area contributed by atoms with Crippen molar-refractivity contribution in [3.8, 4) is 21.1 Å². The van der Waals surface area contributed by atoms with Gasteiger partial charge in [-0.05, 0) is 30.2 Å². The summed E-state index contributed by atoms with van der Waals surface area (Å²) in [6.07, 6.45) is 1.08. The SMILES string of the molecule is CCc1ccc(-c2csc(-c3cccc(CN)c3)n2)s1. The molecule has 102 valence electrons. The summed E-state index contributed by atoms with van der Waals surface area (Å²) >= 11 is 3.51. The van der Waals surface area contributed by atoms with Crippen LogP contribution in [0.5, 0.6) is 0 Å². The highest BCUT2D eigenvalue weighted by atomic mass is 32.1. The van der Waals surface area contributed by atoms with Gasteiger partial charge in [-0.15, -0.1) is 22.7 Å². The zero-order valence-electron chi connectivity index (χ0n) is 11.3. The second kappa shape index (κ2) is 5.87. The molecule has 0 atom stereocenters. The molecule has 0 saturated carbocycles. The topological polar surface area (TPSA) is 38.9 Å². The van der Waals surface area contributed by atoms with E-state index < -0.39 is 0 Å². The van der Waals surface area contributed by atoms with Crippen LogP contribution in [-0.2, 0) is 13.0 Å². The molecule has 0 aliphatic heterocycles. The van der Waals surface area contributed by atoms with Crippen LogP contribution in [0.25, 0.3) is 21.1 Å². The molecule has 0 aliphatic carbocycles. The van der Waals surface area contributed by atoms with Crippen LogP contribution in [0.3, 0.4) is 0 Å². The fourth-order valence-corrected chi connectivity index (χ4v) is 3.86. The Balaban J connectivity index is 1.93. The van der Waals surface area contributed by atoms with Crippen LogP contribution in [0.1, 0.15) is 17.4 Å². The third-order valence-electron chi connectivity index (χ3n) is 3.18. The van der Waals surface area contributed by atoms with Gasteiger partial charge in [0.25, 0.3) is 0 Å². The van der Waals surface area contributed by atoms with Crippen LogP contribution in [0.2, 0.25) is 0 Å². The van der Waals surface area contributed by atoms with E-state index >= 15 is 0 Å². The molecule has 4 heteroatoms. The van der Waals surface area contributed by atoms with E-state index in [9.17, 15) is 0 Å². The van der Waals surface area contributed by atoms with E-state index in [2.05, 4.69) is 36.6 Å². The lowest BCUT2D eigenvalue weighted by molar-refractivity contribution is 1.07. The summed E-state index contributed by atoms with van der Waals surface area (Å²) in [5.41, 5.74) is 9.06. The van der Waals surface area contributed by atoms with Crippen molar-refractivity contribution in [1.82, 2.24) is 4.98 Å². The van der Waals surface area contributed by atoms with E-state index in [1.54, 1.807) is 11.3 Å². The maximum Gasteiger partial charge on any atom is 0.124 e. The summed E-state index contributed by atoms with van der Waals surface area (Å²) in [7, 11) is 0. The molecule has 0 spiro atoms. The minimum Gasteiger partial charge on any atom is -0.326 e. The van der Waals surface area contributed by atoms with Crippen LogP contribution in [0.4, 0.5) is 0 Å². The summed E-state index contributed by atoms with van der Waals surface area (Å²) in [5, 5.41) is 3.19. The Morgan fingerprint density at radius 1 is 1.20 bits per heavy atom. The molecular weight excluding hydrogens is 284 g/mol. The Labute approximate surface area is 126 Å². The number of aryl methyl sites for hydroxylation is 1. The van der Waals surface area contributed by atoms with Crippen LogP contribution in [0.15, 0.2) is 41.8 Å². The Kier molecular flexibility index (Phi) is 3.96. The zero-order valence-corrected chi connectivity index (χ0v) is 12.9. The van der Waals surface area contributed by atoms with E-state index in [4.69, 9.17) is 10.7 Å². The summed E-state index contributed by atoms with van der Waals surface area (Å²) in [4.78, 5) is 7.41. The first-order valence-corrected chi connectivity index (χ1v) is 8.33. The van der Waals surface area contributed by atoms with Gasteiger partial charge in [-0.1, -0.05) is 25.1 Å². The quantitative estimate of drug-likeness (QED) is 0.767. The minimum absolute atomic E-state index is 0.566. The van der Waals surface area contributed by atoms with Crippen molar-refractivity contribution < 1.29 is 0 Å². The van der Waals surface area contributed by atoms with Gasteiger partial charge in [0.15, 0.2) is 0 Å². The van der Waals surface area contributed by atoms with Crippen molar-refractivity contribution in [2.45, 2.75) is 19.9 Å². The Morgan fingerprint density at radius 3 is 2.85 bits per heavy atom. The lowest BCUT2D eigenvalue weighted by Crippen LogP contribution is -1.95. The highest BCUT2D eigenvalue weighted by Crippen LogP contribution is 2.33. The van der Waals surface area contributed by atoms with E-state index in [0.717, 1.165) is 28.2 Å². The Hall–Kier alpha value is -1.49. The lowest BCUT2D eigenvalue weighted by atomic mass is 10.1. The molecule has 2 N–H and O–H groups in total. The Bertz CT molecular complexity index is 713. The van der Waals surface area contributed by atoms with Gasteiger partial charge in [-0.2, -0.15) is 0 Å². The van der Waals surface area contributed by atoms with Crippen molar-refractivity contribution >= 4 is 22.7 Å². The average molecular weight is 300 g/mol. The number of hydrogen-bond donors (Lipinski definition) is 1. The summed E-state index contributed by atoms with van der Waals surface area (Å²) < 4.78 is 0. The summed E-state index contributed by atoms with van der Waals surface area (Å²) in [6, 6.07) is 12.7. The number of thiophene rings is 1. The predicted octanol–water partition coefficient (Wildman–Crippen LogP) is 4.56. The van der Waals surface area contributed by atoms with Crippen LogP contribution in [0, 0.1) is 0 Å². The van der Waals surface area contributed by atoms with E-state index in [0.29, 0.717) is 6.54 Å². The molecule has 2 aromatic heterocycles. The van der Waals surface area contributed by atoms with Gasteiger partial charge in [0.1, 0.15) is 5.01 Å². The molecule has 1 aromatic carbocycles. The molecule has 20 heavy (non-hydrogen) atoms. The molecule has 2 heterocycles. The Morgan fingerprint density at radius 2 is 2.10 bits per heavy atom. The third kappa shape index (κ3) is 2.68. The molecule has 3 aromatic rings. The number of nitrogens with zero attached hydrogens (tertiary/aromatic N) is 1. The van der Waals surface area contributed by atoms with Crippen LogP contribution >= 0.6 is 22.7 Å². The van der Waals surface area contributed by atoms with Crippen LogP contribution < -0.4 is 5.73 Å². The fourth-order valence-electron chi connectivity index (χ4n) is 2.06. The van der Waals surface area contributed by atoms with Gasteiger partial charge < -0.3 is 5.73 Å². The number of thiazole rings is 1. The fraction of sp³-hybridized carbons (Fsp3) is 0.188. The van der Waals surface area contributed by atoms with Crippen LogP contribution in [-0.4, -0.2) is 4.98 Å². The second-order valence-electron chi connectivity index (χ2n) is 4.56. The molecule has 3 rings (SSSR count). The maximum absolute atomic E-state index is 5.70. The van der Waals surface area contributed by atoms with Gasteiger partial charge in [0.2, 0.25) is 0 Å². The number of aromatic nitrogens is 1. The molecule has 0 aliphatic rings. The highest BCUT2D eigenvalue weighted by molar-refractivity contribution is 7.16. The number of rotatable bonds is 4. The van der Waals surface area contributed by atoms with Gasteiger partial charge >= 0.3 is 0 Å². The monoisotopic (exact) mass is 300 g/mol. The second-order valence-corrected chi connectivity index (χ2v) is 6.59. The van der Waals surface area contributed by atoms with Crippen molar-refractivity contribution in [2.24, 2.45) is 5.73 Å². The van der Waals surface area contributed by atoms with Crippen molar-refractivity contribution in [3.05, 3.63) is 52.2 Å². The van der Waals surface area contributed by atoms with Gasteiger partial charge in [0, 0.05) is 22.4 Å². The van der Waals surface area contributed by atoms with E-state index in [-0.39, 0.29) is 0 Å². The standard InChI is InChI=1S/C16H16N2S2/c1-2-13-6-7-15(20-13)14-10-19-16(18-14)12-5-3-4-11(8-12)9-17/h3-8,10H,2,9,17H2,1H3. The molecule has 0 saturated heterocycles. The summed E-state index contributed by atoms with van der Waals surface area (Å²) in [6.45, 7) is 2.75. The average Bonchev–Trinajstić information content (AvgIpc) is 3.15. The van der Waals surface area contributed by atoms with Crippen molar-refractivity contribution in [1.29, 1.82) is 0 Å².